The summed E-state index contributed by atoms with van der Waals surface area (Å²) in [6.07, 6.45) is 0. The van der Waals surface area contributed by atoms with Gasteiger partial charge in [0.05, 0.1) is 10.6 Å². The Kier molecular flexibility index (Phi) is 5.21. The zero-order chi connectivity index (χ0) is 15.9. The number of benzene rings is 2. The average molecular weight is 321 g/mol. The Labute approximate surface area is 131 Å². The van der Waals surface area contributed by atoms with Gasteiger partial charge in [0.15, 0.2) is 6.61 Å². The number of hydrazine groups is 1. The molecule has 0 spiro atoms. The van der Waals surface area contributed by atoms with Crippen LogP contribution in [0.15, 0.2) is 48.5 Å². The van der Waals surface area contributed by atoms with Crippen molar-refractivity contribution >= 4 is 23.4 Å². The molecule has 0 aliphatic heterocycles. The normalized spacial score (nSPS) is 9.86. The summed E-state index contributed by atoms with van der Waals surface area (Å²) in [4.78, 5) is 23.3. The molecule has 6 nitrogen and oxygen atoms in total. The van der Waals surface area contributed by atoms with Crippen LogP contribution in [0.1, 0.15) is 10.4 Å². The van der Waals surface area contributed by atoms with Gasteiger partial charge >= 0.3 is 0 Å². The second kappa shape index (κ2) is 7.33. The monoisotopic (exact) mass is 320 g/mol. The summed E-state index contributed by atoms with van der Waals surface area (Å²) in [6.45, 7) is -0.315. The van der Waals surface area contributed by atoms with Crippen molar-refractivity contribution in [2.24, 2.45) is 0 Å². The topological polar surface area (TPSA) is 87.7 Å². The molecule has 2 amide bonds. The zero-order valence-electron chi connectivity index (χ0n) is 11.4. The van der Waals surface area contributed by atoms with Gasteiger partial charge in [-0.1, -0.05) is 35.9 Å². The number of aromatic hydroxyl groups is 1. The van der Waals surface area contributed by atoms with Crippen molar-refractivity contribution in [3.05, 3.63) is 59.1 Å². The van der Waals surface area contributed by atoms with Crippen molar-refractivity contribution in [3.8, 4) is 11.5 Å². The minimum absolute atomic E-state index is 0.0508. The van der Waals surface area contributed by atoms with Crippen molar-refractivity contribution in [3.63, 3.8) is 0 Å². The maximum Gasteiger partial charge on any atom is 0.276 e. The predicted octanol–water partition coefficient (Wildman–Crippen LogP) is 1.89. The lowest BCUT2D eigenvalue weighted by Gasteiger charge is -2.10. The molecule has 0 heterocycles. The van der Waals surface area contributed by atoms with E-state index in [9.17, 15) is 14.7 Å². The van der Waals surface area contributed by atoms with Gasteiger partial charge < -0.3 is 9.84 Å². The minimum Gasteiger partial charge on any atom is -0.507 e. The van der Waals surface area contributed by atoms with E-state index in [1.165, 1.54) is 12.1 Å². The van der Waals surface area contributed by atoms with Crippen LogP contribution >= 0.6 is 11.6 Å². The Morgan fingerprint density at radius 1 is 1.05 bits per heavy atom. The molecule has 3 N–H and O–H groups in total. The highest BCUT2D eigenvalue weighted by Gasteiger charge is 2.11. The van der Waals surface area contributed by atoms with Gasteiger partial charge in [-0.2, -0.15) is 0 Å². The van der Waals surface area contributed by atoms with Crippen LogP contribution in [-0.4, -0.2) is 23.5 Å². The van der Waals surface area contributed by atoms with Gasteiger partial charge in [0, 0.05) is 0 Å². The molecule has 22 heavy (non-hydrogen) atoms. The number of hydrogen-bond donors (Lipinski definition) is 3. The smallest absolute Gasteiger partial charge is 0.276 e. The third-order valence-electron chi connectivity index (χ3n) is 2.66. The quantitative estimate of drug-likeness (QED) is 0.751. The lowest BCUT2D eigenvalue weighted by atomic mass is 10.2. The molecule has 0 atom stereocenters. The fraction of sp³-hybridized carbons (Fsp3) is 0.0667. The third-order valence-corrected chi connectivity index (χ3v) is 2.97. The van der Waals surface area contributed by atoms with Crippen LogP contribution in [0.25, 0.3) is 0 Å². The van der Waals surface area contributed by atoms with Gasteiger partial charge in [0.1, 0.15) is 11.5 Å². The molecule has 0 fully saturated rings. The fourth-order valence-corrected chi connectivity index (χ4v) is 1.79. The van der Waals surface area contributed by atoms with E-state index in [1.807, 2.05) is 0 Å². The number of phenols is 1. The SMILES string of the molecule is O=C(COc1ccccc1Cl)NNC(=O)c1ccccc1O. The van der Waals surface area contributed by atoms with Gasteiger partial charge in [-0.15, -0.1) is 0 Å². The molecule has 0 saturated heterocycles. The Balaban J connectivity index is 1.82. The van der Waals surface area contributed by atoms with Gasteiger partial charge in [-0.05, 0) is 24.3 Å². The van der Waals surface area contributed by atoms with E-state index < -0.39 is 11.8 Å². The number of carbonyl (C=O) groups is 2. The molecule has 0 aromatic heterocycles. The maximum atomic E-state index is 11.8. The van der Waals surface area contributed by atoms with Crippen molar-refractivity contribution in [2.45, 2.75) is 0 Å². The summed E-state index contributed by atoms with van der Waals surface area (Å²) in [5.74, 6) is -1.01. The van der Waals surface area contributed by atoms with Crippen molar-refractivity contribution in [1.82, 2.24) is 10.9 Å². The van der Waals surface area contributed by atoms with Crippen molar-refractivity contribution < 1.29 is 19.4 Å². The number of para-hydroxylation sites is 2. The molecule has 0 radical (unpaired) electrons. The number of amides is 2. The first kappa shape index (κ1) is 15.7. The molecular formula is C15H13ClN2O4. The first-order valence-electron chi connectivity index (χ1n) is 6.32. The lowest BCUT2D eigenvalue weighted by molar-refractivity contribution is -0.123. The van der Waals surface area contributed by atoms with Gasteiger partial charge in [-0.25, -0.2) is 0 Å². The highest BCUT2D eigenvalue weighted by Crippen LogP contribution is 2.22. The molecule has 114 valence electrons. The van der Waals surface area contributed by atoms with E-state index in [1.54, 1.807) is 36.4 Å². The van der Waals surface area contributed by atoms with Crippen LogP contribution in [0.4, 0.5) is 0 Å². The highest BCUT2D eigenvalue weighted by molar-refractivity contribution is 6.32. The maximum absolute atomic E-state index is 11.8. The molecule has 2 aromatic carbocycles. The zero-order valence-corrected chi connectivity index (χ0v) is 12.1. The fourth-order valence-electron chi connectivity index (χ4n) is 1.60. The molecule has 2 aromatic rings. The standard InChI is InChI=1S/C15H13ClN2O4/c16-11-6-2-4-8-13(11)22-9-14(20)17-18-15(21)10-5-1-3-7-12(10)19/h1-8,19H,9H2,(H,17,20)(H,18,21). The van der Waals surface area contributed by atoms with Crippen molar-refractivity contribution in [2.75, 3.05) is 6.61 Å². The number of halogens is 1. The van der Waals surface area contributed by atoms with E-state index in [4.69, 9.17) is 16.3 Å². The number of carbonyl (C=O) groups excluding carboxylic acids is 2. The van der Waals surface area contributed by atoms with Crippen LogP contribution in [0, 0.1) is 0 Å². The minimum atomic E-state index is -0.635. The van der Waals surface area contributed by atoms with E-state index in [0.717, 1.165) is 0 Å². The summed E-state index contributed by atoms with van der Waals surface area (Å²) < 4.78 is 5.22. The Hall–Kier alpha value is -2.73. The molecule has 0 aliphatic carbocycles. The van der Waals surface area contributed by atoms with Gasteiger partial charge in [0.25, 0.3) is 11.8 Å². The Morgan fingerprint density at radius 2 is 1.73 bits per heavy atom. The second-order valence-corrected chi connectivity index (χ2v) is 4.65. The van der Waals surface area contributed by atoms with E-state index >= 15 is 0 Å². The molecule has 0 bridgehead atoms. The first-order chi connectivity index (χ1) is 10.6. The molecular weight excluding hydrogens is 308 g/mol. The molecule has 0 aliphatic rings. The number of ether oxygens (including phenoxy) is 1. The van der Waals surface area contributed by atoms with Crippen LogP contribution in [-0.2, 0) is 4.79 Å². The molecule has 0 unspecified atom stereocenters. The van der Waals surface area contributed by atoms with Crippen LogP contribution in [0.2, 0.25) is 5.02 Å². The van der Waals surface area contributed by atoms with Crippen LogP contribution in [0.3, 0.4) is 0 Å². The predicted molar refractivity (Wildman–Crippen MR) is 80.7 cm³/mol. The highest BCUT2D eigenvalue weighted by atomic mass is 35.5. The van der Waals surface area contributed by atoms with Crippen LogP contribution in [0.5, 0.6) is 11.5 Å². The number of rotatable bonds is 4. The summed E-state index contributed by atoms with van der Waals surface area (Å²) in [5, 5.41) is 9.90. The second-order valence-electron chi connectivity index (χ2n) is 4.24. The van der Waals surface area contributed by atoms with E-state index in [2.05, 4.69) is 10.9 Å². The first-order valence-corrected chi connectivity index (χ1v) is 6.70. The lowest BCUT2D eigenvalue weighted by Crippen LogP contribution is -2.43. The largest absolute Gasteiger partial charge is 0.507 e. The van der Waals surface area contributed by atoms with E-state index in [0.29, 0.717) is 10.8 Å². The number of phenolic OH excluding ortho intramolecular Hbond substituents is 1. The van der Waals surface area contributed by atoms with Gasteiger partial charge in [0.2, 0.25) is 0 Å². The summed E-state index contributed by atoms with van der Waals surface area (Å²) >= 11 is 5.88. The third kappa shape index (κ3) is 4.13. The summed E-state index contributed by atoms with van der Waals surface area (Å²) in [5.41, 5.74) is 4.41. The molecule has 2 rings (SSSR count). The Morgan fingerprint density at radius 3 is 2.45 bits per heavy atom. The number of hydrogen-bond acceptors (Lipinski definition) is 4. The average Bonchev–Trinajstić information content (AvgIpc) is 2.52. The molecule has 0 saturated carbocycles. The van der Waals surface area contributed by atoms with Crippen molar-refractivity contribution in [1.29, 1.82) is 0 Å². The van der Waals surface area contributed by atoms with Gasteiger partial charge in [-0.3, -0.25) is 20.4 Å². The molecule has 7 heteroatoms. The van der Waals surface area contributed by atoms with Crippen LogP contribution < -0.4 is 15.6 Å². The van der Waals surface area contributed by atoms with E-state index in [-0.39, 0.29) is 17.9 Å². The summed E-state index contributed by atoms with van der Waals surface area (Å²) in [6, 6.07) is 12.7. The number of nitrogens with one attached hydrogen (secondary N) is 2. The summed E-state index contributed by atoms with van der Waals surface area (Å²) in [7, 11) is 0. The Bertz CT molecular complexity index is 691.